The van der Waals surface area contributed by atoms with Gasteiger partial charge in [-0.3, -0.25) is 0 Å². The van der Waals surface area contributed by atoms with E-state index in [1.807, 2.05) is 6.92 Å². The predicted molar refractivity (Wildman–Crippen MR) is 78.2 cm³/mol. The summed E-state index contributed by atoms with van der Waals surface area (Å²) in [5, 5.41) is 0. The molecule has 0 fully saturated rings. The molecule has 0 amide bonds. The Morgan fingerprint density at radius 2 is 2.00 bits per heavy atom. The van der Waals surface area contributed by atoms with Crippen LogP contribution in [-0.2, 0) is 14.3 Å². The van der Waals surface area contributed by atoms with E-state index in [-0.39, 0.29) is 12.2 Å². The van der Waals surface area contributed by atoms with Crippen LogP contribution in [0.25, 0.3) is 0 Å². The first-order chi connectivity index (χ1) is 10.0. The number of hydrogen-bond acceptors (Lipinski definition) is 6. The average molecular weight is 295 g/mol. The summed E-state index contributed by atoms with van der Waals surface area (Å²) in [6.45, 7) is 3.82. The molecule has 6 nitrogen and oxygen atoms in total. The highest BCUT2D eigenvalue weighted by molar-refractivity contribution is 5.95. The fraction of sp³-hybridized carbons (Fsp3) is 0.467. The van der Waals surface area contributed by atoms with Crippen molar-refractivity contribution in [3.8, 4) is 5.75 Å². The summed E-state index contributed by atoms with van der Waals surface area (Å²) >= 11 is 0. The predicted octanol–water partition coefficient (Wildman–Crippen LogP) is 2.17. The zero-order valence-electron chi connectivity index (χ0n) is 12.5. The Bertz CT molecular complexity index is 501. The van der Waals surface area contributed by atoms with Gasteiger partial charge in [-0.15, -0.1) is 0 Å². The number of esters is 2. The van der Waals surface area contributed by atoms with Gasteiger partial charge < -0.3 is 19.9 Å². The third-order valence-electron chi connectivity index (χ3n) is 2.79. The van der Waals surface area contributed by atoms with Crippen LogP contribution in [0, 0.1) is 0 Å². The van der Waals surface area contributed by atoms with Gasteiger partial charge in [-0.1, -0.05) is 13.3 Å². The van der Waals surface area contributed by atoms with Crippen molar-refractivity contribution < 1.29 is 23.8 Å². The monoisotopic (exact) mass is 295 g/mol. The first-order valence-electron chi connectivity index (χ1n) is 6.84. The molecule has 6 heteroatoms. The molecule has 2 N–H and O–H groups in total. The molecule has 1 atom stereocenters. The largest absolute Gasteiger partial charge is 0.496 e. The van der Waals surface area contributed by atoms with E-state index < -0.39 is 18.0 Å². The summed E-state index contributed by atoms with van der Waals surface area (Å²) in [5.74, 6) is -0.866. The van der Waals surface area contributed by atoms with E-state index in [2.05, 4.69) is 0 Å². The molecular weight excluding hydrogens is 274 g/mol. The van der Waals surface area contributed by atoms with E-state index in [9.17, 15) is 9.59 Å². The Morgan fingerprint density at radius 3 is 2.57 bits per heavy atom. The number of nitrogens with two attached hydrogens (primary N) is 1. The zero-order chi connectivity index (χ0) is 15.8. The molecule has 0 spiro atoms. The Balaban J connectivity index is 2.91. The molecule has 0 aliphatic rings. The maximum atomic E-state index is 12.2. The summed E-state index contributed by atoms with van der Waals surface area (Å²) in [6, 6.07) is 4.64. The van der Waals surface area contributed by atoms with Crippen LogP contribution in [0.4, 0.5) is 5.69 Å². The lowest BCUT2D eigenvalue weighted by Crippen LogP contribution is -2.29. The third-order valence-corrected chi connectivity index (χ3v) is 2.79. The second-order valence-corrected chi connectivity index (χ2v) is 4.39. The molecule has 0 radical (unpaired) electrons. The van der Waals surface area contributed by atoms with Crippen molar-refractivity contribution in [1.82, 2.24) is 0 Å². The smallest absolute Gasteiger partial charge is 0.347 e. The molecule has 0 aliphatic carbocycles. The second kappa shape index (κ2) is 8.14. The molecule has 1 rings (SSSR count). The standard InChI is InChI=1S/C15H21NO5/c1-4-6-13(15(18)20-5-2)21-14(17)11-9-10(16)7-8-12(11)19-3/h7-9,13H,4-6,16H2,1-3H3. The van der Waals surface area contributed by atoms with E-state index in [1.165, 1.54) is 13.2 Å². The molecule has 116 valence electrons. The van der Waals surface area contributed by atoms with Crippen molar-refractivity contribution in [3.05, 3.63) is 23.8 Å². The van der Waals surface area contributed by atoms with Gasteiger partial charge in [0.05, 0.1) is 13.7 Å². The van der Waals surface area contributed by atoms with Gasteiger partial charge in [0, 0.05) is 5.69 Å². The van der Waals surface area contributed by atoms with E-state index >= 15 is 0 Å². The van der Waals surface area contributed by atoms with Gasteiger partial charge in [0.15, 0.2) is 6.10 Å². The number of benzene rings is 1. The lowest BCUT2D eigenvalue weighted by atomic mass is 10.1. The number of carbonyl (C=O) groups excluding carboxylic acids is 2. The quantitative estimate of drug-likeness (QED) is 0.612. The summed E-state index contributed by atoms with van der Waals surface area (Å²) in [6.07, 6.45) is 0.161. The normalized spacial score (nSPS) is 11.6. The Hall–Kier alpha value is -2.24. The van der Waals surface area contributed by atoms with Crippen LogP contribution >= 0.6 is 0 Å². The van der Waals surface area contributed by atoms with E-state index in [0.29, 0.717) is 24.3 Å². The van der Waals surface area contributed by atoms with E-state index in [1.54, 1.807) is 19.1 Å². The van der Waals surface area contributed by atoms with Crippen molar-refractivity contribution in [2.75, 3.05) is 19.5 Å². The summed E-state index contributed by atoms with van der Waals surface area (Å²) in [7, 11) is 1.44. The number of anilines is 1. The zero-order valence-corrected chi connectivity index (χ0v) is 12.5. The molecule has 0 bridgehead atoms. The number of rotatable bonds is 7. The molecule has 0 saturated heterocycles. The Morgan fingerprint density at radius 1 is 1.29 bits per heavy atom. The first kappa shape index (κ1) is 16.8. The van der Waals surface area contributed by atoms with Crippen LogP contribution in [0.15, 0.2) is 18.2 Å². The fourth-order valence-corrected chi connectivity index (χ4v) is 1.80. The van der Waals surface area contributed by atoms with Crippen molar-refractivity contribution in [1.29, 1.82) is 0 Å². The second-order valence-electron chi connectivity index (χ2n) is 4.39. The van der Waals surface area contributed by atoms with E-state index in [0.717, 1.165) is 0 Å². The highest BCUT2D eigenvalue weighted by atomic mass is 16.6. The number of carbonyl (C=O) groups is 2. The van der Waals surface area contributed by atoms with Gasteiger partial charge in [-0.25, -0.2) is 9.59 Å². The first-order valence-corrected chi connectivity index (χ1v) is 6.84. The summed E-state index contributed by atoms with van der Waals surface area (Å²) in [4.78, 5) is 24.0. The van der Waals surface area contributed by atoms with Crippen LogP contribution < -0.4 is 10.5 Å². The van der Waals surface area contributed by atoms with Crippen LogP contribution in [0.2, 0.25) is 0 Å². The molecular formula is C15H21NO5. The van der Waals surface area contributed by atoms with Gasteiger partial charge >= 0.3 is 11.9 Å². The van der Waals surface area contributed by atoms with Gasteiger partial charge in [-0.05, 0) is 31.5 Å². The molecule has 0 aliphatic heterocycles. The molecule has 1 aromatic carbocycles. The van der Waals surface area contributed by atoms with Gasteiger partial charge in [0.1, 0.15) is 11.3 Å². The van der Waals surface area contributed by atoms with Crippen LogP contribution in [0.1, 0.15) is 37.0 Å². The Labute approximate surface area is 124 Å². The molecule has 0 saturated carbocycles. The van der Waals surface area contributed by atoms with Crippen molar-refractivity contribution in [3.63, 3.8) is 0 Å². The number of methoxy groups -OCH3 is 1. The number of hydrogen-bond donors (Lipinski definition) is 1. The molecule has 1 unspecified atom stereocenters. The Kier molecular flexibility index (Phi) is 6.52. The molecule has 1 aromatic rings. The number of ether oxygens (including phenoxy) is 3. The third kappa shape index (κ3) is 4.66. The average Bonchev–Trinajstić information content (AvgIpc) is 2.46. The lowest BCUT2D eigenvalue weighted by Gasteiger charge is -2.16. The molecule has 0 aromatic heterocycles. The highest BCUT2D eigenvalue weighted by Crippen LogP contribution is 2.23. The van der Waals surface area contributed by atoms with Crippen molar-refractivity contribution in [2.45, 2.75) is 32.8 Å². The fourth-order valence-electron chi connectivity index (χ4n) is 1.80. The van der Waals surface area contributed by atoms with Gasteiger partial charge in [0.25, 0.3) is 0 Å². The minimum Gasteiger partial charge on any atom is -0.496 e. The molecule has 0 heterocycles. The SMILES string of the molecule is CCCC(OC(=O)c1cc(N)ccc1OC)C(=O)OCC. The highest BCUT2D eigenvalue weighted by Gasteiger charge is 2.25. The van der Waals surface area contributed by atoms with Crippen molar-refractivity contribution in [2.24, 2.45) is 0 Å². The summed E-state index contributed by atoms with van der Waals surface area (Å²) in [5.41, 5.74) is 6.25. The van der Waals surface area contributed by atoms with Crippen LogP contribution in [0.5, 0.6) is 5.75 Å². The minimum atomic E-state index is -0.923. The van der Waals surface area contributed by atoms with Gasteiger partial charge in [0.2, 0.25) is 0 Å². The van der Waals surface area contributed by atoms with E-state index in [4.69, 9.17) is 19.9 Å². The van der Waals surface area contributed by atoms with Crippen LogP contribution in [-0.4, -0.2) is 31.8 Å². The molecule has 21 heavy (non-hydrogen) atoms. The minimum absolute atomic E-state index is 0.183. The van der Waals surface area contributed by atoms with Crippen molar-refractivity contribution >= 4 is 17.6 Å². The van der Waals surface area contributed by atoms with Crippen LogP contribution in [0.3, 0.4) is 0 Å². The number of nitrogen functional groups attached to an aromatic ring is 1. The maximum Gasteiger partial charge on any atom is 0.347 e. The van der Waals surface area contributed by atoms with Gasteiger partial charge in [-0.2, -0.15) is 0 Å². The lowest BCUT2D eigenvalue weighted by molar-refractivity contribution is -0.153. The topological polar surface area (TPSA) is 87.9 Å². The summed E-state index contributed by atoms with van der Waals surface area (Å²) < 4.78 is 15.2. The maximum absolute atomic E-state index is 12.2.